The molecule has 2 aromatic rings. The number of rotatable bonds is 7. The van der Waals surface area contributed by atoms with Gasteiger partial charge >= 0.3 is 0 Å². The number of hydrogen-bond acceptors (Lipinski definition) is 3. The molecule has 0 saturated heterocycles. The molecular formula is C27H37F2N3O. The predicted octanol–water partition coefficient (Wildman–Crippen LogP) is 6.38. The van der Waals surface area contributed by atoms with Crippen LogP contribution in [0.2, 0.25) is 0 Å². The number of hydrogen-bond donors (Lipinski definition) is 0. The first kappa shape index (κ1) is 22.9. The van der Waals surface area contributed by atoms with Crippen molar-refractivity contribution in [2.75, 3.05) is 6.67 Å². The molecule has 0 amide bonds. The largest absolute Gasteiger partial charge is 0.297 e. The maximum absolute atomic E-state index is 13.5. The summed E-state index contributed by atoms with van der Waals surface area (Å²) in [6.07, 6.45) is 9.83. The second kappa shape index (κ2) is 9.07. The molecular weight excluding hydrogens is 420 g/mol. The van der Waals surface area contributed by atoms with Gasteiger partial charge in [-0.1, -0.05) is 26.7 Å². The van der Waals surface area contributed by atoms with Gasteiger partial charge in [-0.3, -0.25) is 9.18 Å². The lowest BCUT2D eigenvalue weighted by atomic mass is 9.50. The highest BCUT2D eigenvalue weighted by Crippen LogP contribution is 2.63. The molecule has 1 aromatic heterocycles. The number of benzene rings is 1. The van der Waals surface area contributed by atoms with Crippen LogP contribution in [0, 0.1) is 46.7 Å². The molecule has 7 atom stereocenters. The smallest absolute Gasteiger partial charge is 0.159 e. The number of halogens is 2. The van der Waals surface area contributed by atoms with Crippen LogP contribution < -0.4 is 0 Å². The Labute approximate surface area is 195 Å². The Hall–Kier alpha value is -1.85. The average Bonchev–Trinajstić information content (AvgIpc) is 3.35. The van der Waals surface area contributed by atoms with Crippen LogP contribution >= 0.6 is 0 Å². The minimum atomic E-state index is -0.341. The van der Waals surface area contributed by atoms with E-state index in [1.807, 2.05) is 0 Å². The molecule has 7 unspecified atom stereocenters. The van der Waals surface area contributed by atoms with Gasteiger partial charge in [0.15, 0.2) is 5.78 Å². The van der Waals surface area contributed by atoms with Crippen LogP contribution in [0.25, 0.3) is 11.0 Å². The molecule has 33 heavy (non-hydrogen) atoms. The van der Waals surface area contributed by atoms with Crippen molar-refractivity contribution in [3.63, 3.8) is 0 Å². The molecule has 3 fully saturated rings. The lowest BCUT2D eigenvalue weighted by Gasteiger charge is -2.54. The number of aromatic nitrogens is 3. The molecule has 0 spiro atoms. The van der Waals surface area contributed by atoms with Crippen molar-refractivity contribution >= 4 is 16.8 Å². The standard InChI is InChI=1S/C27H37F2N3O/c1-3-4-19-17(12-14-28)5-7-21-20(19)11-13-27(2)22(21)8-9-23(27)26(33)16-32-30-24-10-6-18(29)15-25(24)31-32/h6,10,15,17,19-23H,3-5,7-9,11-14,16H2,1-2H3. The summed E-state index contributed by atoms with van der Waals surface area (Å²) in [6.45, 7) is 4.58. The molecule has 1 heterocycles. The molecule has 3 saturated carbocycles. The first-order valence-electron chi connectivity index (χ1n) is 13.0. The number of nitrogens with zero attached hydrogens (tertiary/aromatic N) is 3. The normalized spacial score (nSPS) is 36.0. The maximum atomic E-state index is 13.5. The van der Waals surface area contributed by atoms with Gasteiger partial charge in [0.2, 0.25) is 0 Å². The van der Waals surface area contributed by atoms with Gasteiger partial charge in [-0.25, -0.2) is 4.39 Å². The van der Waals surface area contributed by atoms with E-state index in [1.165, 1.54) is 42.6 Å². The minimum absolute atomic E-state index is 0.0423. The highest BCUT2D eigenvalue weighted by molar-refractivity contribution is 5.82. The molecule has 4 nitrogen and oxygen atoms in total. The SMILES string of the molecule is CCCC1C(CCF)CCC2C1CCC1(C)C(C(=O)Cn3nc4ccc(F)cc4n3)CCC21. The third-order valence-corrected chi connectivity index (χ3v) is 9.69. The Kier molecular flexibility index (Phi) is 6.30. The van der Waals surface area contributed by atoms with E-state index in [9.17, 15) is 13.6 Å². The van der Waals surface area contributed by atoms with Crippen molar-refractivity contribution < 1.29 is 13.6 Å². The molecule has 5 rings (SSSR count). The summed E-state index contributed by atoms with van der Waals surface area (Å²) in [5.74, 6) is 3.10. The lowest BCUT2D eigenvalue weighted by molar-refractivity contribution is -0.131. The Morgan fingerprint density at radius 1 is 1.09 bits per heavy atom. The van der Waals surface area contributed by atoms with Crippen molar-refractivity contribution in [2.45, 2.75) is 78.2 Å². The zero-order valence-corrected chi connectivity index (χ0v) is 20.0. The van der Waals surface area contributed by atoms with Crippen molar-refractivity contribution in [1.29, 1.82) is 0 Å². The van der Waals surface area contributed by atoms with E-state index >= 15 is 0 Å². The molecule has 3 aliphatic rings. The highest BCUT2D eigenvalue weighted by Gasteiger charge is 2.57. The van der Waals surface area contributed by atoms with E-state index in [2.05, 4.69) is 24.0 Å². The van der Waals surface area contributed by atoms with Crippen LogP contribution in [0.4, 0.5) is 8.78 Å². The summed E-state index contributed by atoms with van der Waals surface area (Å²) in [5, 5.41) is 8.75. The summed E-state index contributed by atoms with van der Waals surface area (Å²) in [6, 6.07) is 4.35. The number of ketones is 1. The number of alkyl halides is 1. The molecule has 180 valence electrons. The summed E-state index contributed by atoms with van der Waals surface area (Å²) < 4.78 is 26.7. The van der Waals surface area contributed by atoms with Gasteiger partial charge in [-0.05, 0) is 92.1 Å². The number of carbonyl (C=O) groups excluding carboxylic acids is 1. The number of fused-ring (bicyclic) bond motifs is 4. The lowest BCUT2D eigenvalue weighted by Crippen LogP contribution is -2.48. The summed E-state index contributed by atoms with van der Waals surface area (Å²) in [4.78, 5) is 14.9. The van der Waals surface area contributed by atoms with Crippen LogP contribution in [0.1, 0.15) is 71.6 Å². The van der Waals surface area contributed by atoms with Gasteiger partial charge in [-0.2, -0.15) is 15.0 Å². The van der Waals surface area contributed by atoms with Gasteiger partial charge in [0, 0.05) is 12.0 Å². The molecule has 0 aliphatic heterocycles. The van der Waals surface area contributed by atoms with Crippen LogP contribution in [0.3, 0.4) is 0 Å². The fourth-order valence-electron chi connectivity index (χ4n) is 8.30. The first-order valence-corrected chi connectivity index (χ1v) is 13.0. The fourth-order valence-corrected chi connectivity index (χ4v) is 8.30. The Balaban J connectivity index is 1.32. The summed E-state index contributed by atoms with van der Waals surface area (Å²) in [7, 11) is 0. The van der Waals surface area contributed by atoms with Crippen LogP contribution in [-0.2, 0) is 11.3 Å². The minimum Gasteiger partial charge on any atom is -0.297 e. The second-order valence-corrected chi connectivity index (χ2v) is 11.2. The van der Waals surface area contributed by atoms with E-state index in [0.717, 1.165) is 32.1 Å². The zero-order chi connectivity index (χ0) is 23.2. The molecule has 0 N–H and O–H groups in total. The van der Waals surface area contributed by atoms with E-state index in [0.29, 0.717) is 40.6 Å². The Bertz CT molecular complexity index is 1010. The van der Waals surface area contributed by atoms with E-state index in [4.69, 9.17) is 0 Å². The van der Waals surface area contributed by atoms with Gasteiger partial charge in [-0.15, -0.1) is 0 Å². The van der Waals surface area contributed by atoms with Gasteiger partial charge in [0.25, 0.3) is 0 Å². The Morgan fingerprint density at radius 2 is 1.91 bits per heavy atom. The van der Waals surface area contributed by atoms with Crippen molar-refractivity contribution in [2.24, 2.45) is 40.9 Å². The van der Waals surface area contributed by atoms with E-state index in [-0.39, 0.29) is 36.2 Å². The fraction of sp³-hybridized carbons (Fsp3) is 0.741. The van der Waals surface area contributed by atoms with Crippen molar-refractivity contribution in [3.05, 3.63) is 24.0 Å². The number of Topliss-reactive ketones (excluding diaryl/α,β-unsaturated/α-hetero) is 1. The van der Waals surface area contributed by atoms with Gasteiger partial charge < -0.3 is 0 Å². The van der Waals surface area contributed by atoms with Crippen molar-refractivity contribution in [3.8, 4) is 0 Å². The predicted molar refractivity (Wildman–Crippen MR) is 125 cm³/mol. The Morgan fingerprint density at radius 3 is 2.70 bits per heavy atom. The summed E-state index contributed by atoms with van der Waals surface area (Å²) >= 11 is 0. The topological polar surface area (TPSA) is 47.8 Å². The van der Waals surface area contributed by atoms with Crippen LogP contribution in [-0.4, -0.2) is 27.5 Å². The van der Waals surface area contributed by atoms with Gasteiger partial charge in [0.05, 0.1) is 6.67 Å². The summed E-state index contributed by atoms with van der Waals surface area (Å²) in [5.41, 5.74) is 1.15. The van der Waals surface area contributed by atoms with Crippen LogP contribution in [0.15, 0.2) is 18.2 Å². The third kappa shape index (κ3) is 4.01. The van der Waals surface area contributed by atoms with Crippen LogP contribution in [0.5, 0.6) is 0 Å². The second-order valence-electron chi connectivity index (χ2n) is 11.2. The zero-order valence-electron chi connectivity index (χ0n) is 20.0. The molecule has 0 bridgehead atoms. The average molecular weight is 458 g/mol. The van der Waals surface area contributed by atoms with Crippen molar-refractivity contribution in [1.82, 2.24) is 15.0 Å². The first-order chi connectivity index (χ1) is 15.9. The van der Waals surface area contributed by atoms with Gasteiger partial charge in [0.1, 0.15) is 23.4 Å². The molecule has 0 radical (unpaired) electrons. The molecule has 6 heteroatoms. The number of carbonyl (C=O) groups is 1. The quantitative estimate of drug-likeness (QED) is 0.484. The monoisotopic (exact) mass is 457 g/mol. The highest BCUT2D eigenvalue weighted by atomic mass is 19.1. The third-order valence-electron chi connectivity index (χ3n) is 9.69. The molecule has 1 aromatic carbocycles. The van der Waals surface area contributed by atoms with E-state index in [1.54, 1.807) is 6.07 Å². The molecule has 3 aliphatic carbocycles. The maximum Gasteiger partial charge on any atom is 0.159 e. The van der Waals surface area contributed by atoms with E-state index < -0.39 is 0 Å².